The van der Waals surface area contributed by atoms with Gasteiger partial charge in [-0.3, -0.25) is 0 Å². The molecular formula is C16H18ClNO. The highest BCUT2D eigenvalue weighted by Gasteiger charge is 2.11. The van der Waals surface area contributed by atoms with Crippen LogP contribution in [0.25, 0.3) is 0 Å². The van der Waals surface area contributed by atoms with Gasteiger partial charge in [-0.1, -0.05) is 44.5 Å². The van der Waals surface area contributed by atoms with Crippen LogP contribution in [0.3, 0.4) is 0 Å². The smallest absolute Gasteiger partial charge is 0.145 e. The van der Waals surface area contributed by atoms with Gasteiger partial charge in [-0.05, 0) is 41.7 Å². The first-order chi connectivity index (χ1) is 8.92. The van der Waals surface area contributed by atoms with E-state index in [9.17, 15) is 0 Å². The Morgan fingerprint density at radius 1 is 1.00 bits per heavy atom. The minimum Gasteiger partial charge on any atom is -0.456 e. The lowest BCUT2D eigenvalue weighted by Crippen LogP contribution is -2.08. The van der Waals surface area contributed by atoms with Crippen LogP contribution < -0.4 is 4.74 Å². The molecule has 0 saturated heterocycles. The highest BCUT2D eigenvalue weighted by molar-refractivity contribution is 6.29. The van der Waals surface area contributed by atoms with E-state index in [1.54, 1.807) is 18.3 Å². The maximum Gasteiger partial charge on any atom is 0.145 e. The van der Waals surface area contributed by atoms with Crippen molar-refractivity contribution in [3.8, 4) is 11.5 Å². The predicted octanol–water partition coefficient (Wildman–Crippen LogP) is 5.12. The molecule has 0 bridgehead atoms. The number of rotatable bonds is 3. The highest BCUT2D eigenvalue weighted by atomic mass is 35.5. The van der Waals surface area contributed by atoms with Crippen LogP contribution in [-0.2, 0) is 6.42 Å². The Bertz CT molecular complexity index is 526. The van der Waals surface area contributed by atoms with Gasteiger partial charge in [-0.15, -0.1) is 0 Å². The second-order valence-electron chi connectivity index (χ2n) is 5.80. The van der Waals surface area contributed by atoms with Crippen molar-refractivity contribution in [2.75, 3.05) is 0 Å². The summed E-state index contributed by atoms with van der Waals surface area (Å²) in [5, 5.41) is 0.466. The first kappa shape index (κ1) is 13.9. The standard InChI is InChI=1S/C16H18ClNO/c1-16(2,3)10-12-4-6-13(7-5-12)19-14-8-9-15(17)18-11-14/h4-9,11H,10H2,1-3H3. The molecule has 2 aromatic rings. The number of halogens is 1. The van der Waals surface area contributed by atoms with Crippen molar-refractivity contribution in [1.82, 2.24) is 4.98 Å². The summed E-state index contributed by atoms with van der Waals surface area (Å²) in [5.41, 5.74) is 1.61. The van der Waals surface area contributed by atoms with Crippen molar-refractivity contribution in [3.05, 3.63) is 53.3 Å². The minimum atomic E-state index is 0.294. The average molecular weight is 276 g/mol. The van der Waals surface area contributed by atoms with Crippen LogP contribution >= 0.6 is 11.6 Å². The fourth-order valence-electron chi connectivity index (χ4n) is 1.85. The molecule has 0 spiro atoms. The molecule has 1 aromatic heterocycles. The van der Waals surface area contributed by atoms with E-state index in [0.717, 1.165) is 12.2 Å². The Balaban J connectivity index is 2.04. The van der Waals surface area contributed by atoms with Crippen LogP contribution in [0, 0.1) is 5.41 Å². The summed E-state index contributed by atoms with van der Waals surface area (Å²) in [6.45, 7) is 6.70. The zero-order valence-electron chi connectivity index (χ0n) is 11.5. The van der Waals surface area contributed by atoms with Gasteiger partial charge in [0.05, 0.1) is 6.20 Å². The van der Waals surface area contributed by atoms with Gasteiger partial charge < -0.3 is 4.74 Å². The van der Waals surface area contributed by atoms with Gasteiger partial charge in [0.25, 0.3) is 0 Å². The van der Waals surface area contributed by atoms with Gasteiger partial charge in [0, 0.05) is 0 Å². The Kier molecular flexibility index (Phi) is 4.11. The molecule has 0 radical (unpaired) electrons. The van der Waals surface area contributed by atoms with Crippen molar-refractivity contribution < 1.29 is 4.74 Å². The Morgan fingerprint density at radius 3 is 2.16 bits per heavy atom. The van der Waals surface area contributed by atoms with E-state index in [0.29, 0.717) is 16.3 Å². The van der Waals surface area contributed by atoms with E-state index < -0.39 is 0 Å². The van der Waals surface area contributed by atoms with Crippen LogP contribution in [0.5, 0.6) is 11.5 Å². The topological polar surface area (TPSA) is 22.1 Å². The predicted molar refractivity (Wildman–Crippen MR) is 78.9 cm³/mol. The molecule has 0 aliphatic carbocycles. The van der Waals surface area contributed by atoms with Gasteiger partial charge in [0.1, 0.15) is 16.7 Å². The number of hydrogen-bond acceptors (Lipinski definition) is 2. The molecule has 0 atom stereocenters. The molecule has 1 heterocycles. The number of aromatic nitrogens is 1. The maximum absolute atomic E-state index is 5.73. The largest absolute Gasteiger partial charge is 0.456 e. The SMILES string of the molecule is CC(C)(C)Cc1ccc(Oc2ccc(Cl)nc2)cc1. The molecule has 2 nitrogen and oxygen atoms in total. The summed E-state index contributed by atoms with van der Waals surface area (Å²) in [6.07, 6.45) is 2.67. The van der Waals surface area contributed by atoms with Gasteiger partial charge in [0.2, 0.25) is 0 Å². The summed E-state index contributed by atoms with van der Waals surface area (Å²) in [5.74, 6) is 1.50. The van der Waals surface area contributed by atoms with E-state index >= 15 is 0 Å². The quantitative estimate of drug-likeness (QED) is 0.726. The molecule has 100 valence electrons. The van der Waals surface area contributed by atoms with E-state index in [2.05, 4.69) is 37.9 Å². The summed E-state index contributed by atoms with van der Waals surface area (Å²) >= 11 is 5.73. The third-order valence-electron chi connectivity index (χ3n) is 2.59. The Labute approximate surface area is 119 Å². The lowest BCUT2D eigenvalue weighted by atomic mass is 9.88. The molecule has 0 amide bonds. The van der Waals surface area contributed by atoms with Crippen LogP contribution in [0.4, 0.5) is 0 Å². The first-order valence-corrected chi connectivity index (χ1v) is 6.68. The third kappa shape index (κ3) is 4.56. The maximum atomic E-state index is 5.73. The third-order valence-corrected chi connectivity index (χ3v) is 2.82. The van der Waals surface area contributed by atoms with Crippen LogP contribution in [0.1, 0.15) is 26.3 Å². The second kappa shape index (κ2) is 5.62. The molecule has 0 aliphatic rings. The Hall–Kier alpha value is -1.54. The molecule has 0 N–H and O–H groups in total. The molecule has 2 rings (SSSR count). The molecule has 19 heavy (non-hydrogen) atoms. The van der Waals surface area contributed by atoms with Crippen molar-refractivity contribution in [2.24, 2.45) is 5.41 Å². The molecule has 0 fully saturated rings. The average Bonchev–Trinajstić information content (AvgIpc) is 2.33. The summed E-state index contributed by atoms with van der Waals surface area (Å²) in [7, 11) is 0. The monoisotopic (exact) mass is 275 g/mol. The fourth-order valence-corrected chi connectivity index (χ4v) is 1.96. The molecular weight excluding hydrogens is 258 g/mol. The van der Waals surface area contributed by atoms with Crippen LogP contribution in [0.15, 0.2) is 42.6 Å². The van der Waals surface area contributed by atoms with Gasteiger partial charge in [-0.2, -0.15) is 0 Å². The molecule has 3 heteroatoms. The normalized spacial score (nSPS) is 11.4. The number of nitrogens with zero attached hydrogens (tertiary/aromatic N) is 1. The van der Waals surface area contributed by atoms with Crippen molar-refractivity contribution in [2.45, 2.75) is 27.2 Å². The lowest BCUT2D eigenvalue weighted by molar-refractivity contribution is 0.410. The van der Waals surface area contributed by atoms with E-state index in [1.165, 1.54) is 5.56 Å². The van der Waals surface area contributed by atoms with E-state index in [4.69, 9.17) is 16.3 Å². The summed E-state index contributed by atoms with van der Waals surface area (Å²) in [6, 6.07) is 11.7. The first-order valence-electron chi connectivity index (χ1n) is 6.31. The van der Waals surface area contributed by atoms with E-state index in [1.807, 2.05) is 12.1 Å². The van der Waals surface area contributed by atoms with Crippen molar-refractivity contribution in [3.63, 3.8) is 0 Å². The van der Waals surface area contributed by atoms with Gasteiger partial charge in [-0.25, -0.2) is 4.98 Å². The summed E-state index contributed by atoms with van der Waals surface area (Å²) < 4.78 is 5.70. The van der Waals surface area contributed by atoms with E-state index in [-0.39, 0.29) is 0 Å². The van der Waals surface area contributed by atoms with Crippen molar-refractivity contribution in [1.29, 1.82) is 0 Å². The fraction of sp³-hybridized carbons (Fsp3) is 0.312. The molecule has 0 saturated carbocycles. The van der Waals surface area contributed by atoms with Crippen molar-refractivity contribution >= 4 is 11.6 Å². The number of hydrogen-bond donors (Lipinski definition) is 0. The second-order valence-corrected chi connectivity index (χ2v) is 6.19. The minimum absolute atomic E-state index is 0.294. The van der Waals surface area contributed by atoms with Crippen LogP contribution in [0.2, 0.25) is 5.15 Å². The highest BCUT2D eigenvalue weighted by Crippen LogP contribution is 2.25. The van der Waals surface area contributed by atoms with Crippen LogP contribution in [-0.4, -0.2) is 4.98 Å². The zero-order chi connectivity index (χ0) is 13.9. The molecule has 0 aliphatic heterocycles. The molecule has 0 unspecified atom stereocenters. The molecule has 1 aromatic carbocycles. The zero-order valence-corrected chi connectivity index (χ0v) is 12.2. The van der Waals surface area contributed by atoms with Gasteiger partial charge >= 0.3 is 0 Å². The lowest BCUT2D eigenvalue weighted by Gasteiger charge is -2.18. The number of benzene rings is 1. The number of ether oxygens (including phenoxy) is 1. The number of pyridine rings is 1. The van der Waals surface area contributed by atoms with Gasteiger partial charge in [0.15, 0.2) is 0 Å². The Morgan fingerprint density at radius 2 is 1.63 bits per heavy atom. The summed E-state index contributed by atoms with van der Waals surface area (Å²) in [4.78, 5) is 3.98.